The van der Waals surface area contributed by atoms with Gasteiger partial charge in [-0.15, -0.1) is 0 Å². The van der Waals surface area contributed by atoms with Gasteiger partial charge in [0.2, 0.25) is 5.91 Å². The molecule has 1 aromatic carbocycles. The molecule has 7 nitrogen and oxygen atoms in total. The van der Waals surface area contributed by atoms with Crippen molar-refractivity contribution >= 4 is 22.7 Å². The molecule has 2 aromatic heterocycles. The lowest BCUT2D eigenvalue weighted by atomic mass is 9.97. The van der Waals surface area contributed by atoms with Gasteiger partial charge in [-0.3, -0.25) is 9.59 Å². The van der Waals surface area contributed by atoms with Gasteiger partial charge in [0, 0.05) is 36.8 Å². The Kier molecular flexibility index (Phi) is 3.76. The van der Waals surface area contributed by atoms with E-state index < -0.39 is 0 Å². The van der Waals surface area contributed by atoms with Crippen LogP contribution in [-0.4, -0.2) is 32.4 Å². The number of carbonyl (C=O) groups excluding carboxylic acids is 2. The molecule has 1 aliphatic heterocycles. The van der Waals surface area contributed by atoms with Gasteiger partial charge in [-0.2, -0.15) is 0 Å². The molecule has 3 aromatic rings. The van der Waals surface area contributed by atoms with Crippen LogP contribution in [0.5, 0.6) is 0 Å². The highest BCUT2D eigenvalue weighted by Crippen LogP contribution is 2.23. The van der Waals surface area contributed by atoms with Crippen molar-refractivity contribution in [3.63, 3.8) is 0 Å². The Labute approximate surface area is 144 Å². The second-order valence-corrected chi connectivity index (χ2v) is 6.33. The van der Waals surface area contributed by atoms with Gasteiger partial charge < -0.3 is 20.2 Å². The first-order valence-corrected chi connectivity index (χ1v) is 8.27. The smallest absolute Gasteiger partial charge is 0.268 e. The van der Waals surface area contributed by atoms with E-state index in [1.165, 1.54) is 0 Å². The Balaban J connectivity index is 1.58. The molecule has 4 rings (SSSR count). The minimum absolute atomic E-state index is 0.0240. The van der Waals surface area contributed by atoms with Crippen LogP contribution in [-0.2, 0) is 11.8 Å². The Morgan fingerprint density at radius 3 is 2.96 bits per heavy atom. The Bertz CT molecular complexity index is 909. The monoisotopic (exact) mass is 337 g/mol. The Hall–Kier alpha value is -3.09. The number of hydrogen-bond acceptors (Lipinski definition) is 3. The number of benzene rings is 1. The Morgan fingerprint density at radius 2 is 2.20 bits per heavy atom. The number of hydrogen-bond donors (Lipinski definition) is 3. The van der Waals surface area contributed by atoms with Gasteiger partial charge >= 0.3 is 0 Å². The van der Waals surface area contributed by atoms with Crippen molar-refractivity contribution in [3.05, 3.63) is 54.2 Å². The van der Waals surface area contributed by atoms with E-state index in [-0.39, 0.29) is 23.9 Å². The number of aryl methyl sites for hydroxylation is 1. The van der Waals surface area contributed by atoms with Crippen LogP contribution in [0.25, 0.3) is 10.9 Å². The largest absolute Gasteiger partial charge is 0.351 e. The lowest BCUT2D eigenvalue weighted by Gasteiger charge is -2.32. The summed E-state index contributed by atoms with van der Waals surface area (Å²) in [6.07, 6.45) is 4.48. The number of carbonyl (C=O) groups is 2. The summed E-state index contributed by atoms with van der Waals surface area (Å²) in [5.41, 5.74) is 1.43. The molecule has 25 heavy (non-hydrogen) atoms. The van der Waals surface area contributed by atoms with E-state index >= 15 is 0 Å². The molecule has 128 valence electrons. The number of nitrogens with one attached hydrogen (secondary N) is 3. The minimum atomic E-state index is -0.338. The predicted octanol–water partition coefficient (Wildman–Crippen LogP) is 1.65. The number of piperidine rings is 1. The van der Waals surface area contributed by atoms with E-state index in [0.29, 0.717) is 18.5 Å². The summed E-state index contributed by atoms with van der Waals surface area (Å²) in [7, 11) is 1.87. The number of para-hydroxylation sites is 1. The van der Waals surface area contributed by atoms with Crippen LogP contribution in [0.4, 0.5) is 0 Å². The molecule has 0 spiro atoms. The van der Waals surface area contributed by atoms with Gasteiger partial charge in [0.15, 0.2) is 0 Å². The van der Waals surface area contributed by atoms with Crippen molar-refractivity contribution in [1.29, 1.82) is 0 Å². The fourth-order valence-electron chi connectivity index (χ4n) is 3.32. The van der Waals surface area contributed by atoms with E-state index in [2.05, 4.69) is 20.6 Å². The number of H-pyrrole nitrogens is 1. The highest BCUT2D eigenvalue weighted by Gasteiger charge is 2.33. The number of amides is 2. The zero-order chi connectivity index (χ0) is 17.4. The zero-order valence-corrected chi connectivity index (χ0v) is 13.8. The van der Waals surface area contributed by atoms with Crippen molar-refractivity contribution in [2.75, 3.05) is 0 Å². The van der Waals surface area contributed by atoms with Gasteiger partial charge in [-0.25, -0.2) is 4.98 Å². The van der Waals surface area contributed by atoms with E-state index in [1.54, 1.807) is 6.20 Å². The van der Waals surface area contributed by atoms with E-state index in [0.717, 1.165) is 16.7 Å². The topological polar surface area (TPSA) is 91.8 Å². The first kappa shape index (κ1) is 15.4. The molecule has 0 radical (unpaired) electrons. The molecule has 1 saturated heterocycles. The van der Waals surface area contributed by atoms with Crippen molar-refractivity contribution < 1.29 is 9.59 Å². The van der Waals surface area contributed by atoms with Crippen LogP contribution in [0.1, 0.15) is 35.2 Å². The maximum Gasteiger partial charge on any atom is 0.268 e. The summed E-state index contributed by atoms with van der Waals surface area (Å²) >= 11 is 0. The number of rotatable bonds is 3. The molecular weight excluding hydrogens is 318 g/mol. The first-order chi connectivity index (χ1) is 12.1. The summed E-state index contributed by atoms with van der Waals surface area (Å²) < 4.78 is 1.86. The predicted molar refractivity (Wildman–Crippen MR) is 92.9 cm³/mol. The molecule has 3 heterocycles. The van der Waals surface area contributed by atoms with E-state index in [4.69, 9.17) is 0 Å². The average Bonchev–Trinajstić information content (AvgIpc) is 3.22. The SMILES string of the molecule is Cn1ccnc1[C@@H]1NC(=O)CC[C@H]1NC(=O)c1cc2ccccc2[nH]1. The summed E-state index contributed by atoms with van der Waals surface area (Å²) in [5, 5.41) is 6.98. The van der Waals surface area contributed by atoms with Crippen LogP contribution >= 0.6 is 0 Å². The first-order valence-electron chi connectivity index (χ1n) is 8.27. The number of fused-ring (bicyclic) bond motifs is 1. The normalized spacial score (nSPS) is 20.4. The second kappa shape index (κ2) is 6.08. The van der Waals surface area contributed by atoms with Gasteiger partial charge in [-0.05, 0) is 18.6 Å². The summed E-state index contributed by atoms with van der Waals surface area (Å²) in [4.78, 5) is 32.0. The van der Waals surface area contributed by atoms with Crippen molar-refractivity contribution in [3.8, 4) is 0 Å². The summed E-state index contributed by atoms with van der Waals surface area (Å²) in [6.45, 7) is 0. The van der Waals surface area contributed by atoms with Crippen LogP contribution in [0, 0.1) is 0 Å². The number of nitrogens with zero attached hydrogens (tertiary/aromatic N) is 2. The third kappa shape index (κ3) is 2.88. The third-order valence-corrected chi connectivity index (χ3v) is 4.63. The zero-order valence-electron chi connectivity index (χ0n) is 13.8. The fraction of sp³-hybridized carbons (Fsp3) is 0.278. The van der Waals surface area contributed by atoms with E-state index in [9.17, 15) is 9.59 Å². The highest BCUT2D eigenvalue weighted by atomic mass is 16.2. The maximum atomic E-state index is 12.7. The maximum absolute atomic E-state index is 12.7. The molecule has 0 bridgehead atoms. The highest BCUT2D eigenvalue weighted by molar-refractivity contribution is 5.98. The van der Waals surface area contributed by atoms with Crippen LogP contribution < -0.4 is 10.6 Å². The van der Waals surface area contributed by atoms with Crippen molar-refractivity contribution in [2.45, 2.75) is 24.9 Å². The molecule has 2 amide bonds. The standard InChI is InChI=1S/C18H19N5O2/c1-23-9-8-19-17(23)16-13(6-7-15(24)22-16)21-18(25)14-10-11-4-2-3-5-12(11)20-14/h2-5,8-10,13,16,20H,6-7H2,1H3,(H,21,25)(H,22,24)/t13-,16-/m1/s1. The molecule has 1 fully saturated rings. The Morgan fingerprint density at radius 1 is 1.36 bits per heavy atom. The molecule has 0 unspecified atom stereocenters. The summed E-state index contributed by atoms with van der Waals surface area (Å²) in [5.74, 6) is 0.524. The molecule has 0 aliphatic carbocycles. The number of aromatic nitrogens is 3. The average molecular weight is 337 g/mol. The van der Waals surface area contributed by atoms with Crippen LogP contribution in [0.15, 0.2) is 42.7 Å². The number of aromatic amines is 1. The summed E-state index contributed by atoms with van der Waals surface area (Å²) in [6, 6.07) is 9.04. The second-order valence-electron chi connectivity index (χ2n) is 6.33. The van der Waals surface area contributed by atoms with Crippen molar-refractivity contribution in [1.82, 2.24) is 25.2 Å². The minimum Gasteiger partial charge on any atom is -0.351 e. The van der Waals surface area contributed by atoms with E-state index in [1.807, 2.05) is 48.1 Å². The molecular formula is C18H19N5O2. The molecule has 3 N–H and O–H groups in total. The molecule has 0 saturated carbocycles. The quantitative estimate of drug-likeness (QED) is 0.678. The van der Waals surface area contributed by atoms with Gasteiger partial charge in [0.05, 0.1) is 6.04 Å². The van der Waals surface area contributed by atoms with Crippen molar-refractivity contribution in [2.24, 2.45) is 7.05 Å². The van der Waals surface area contributed by atoms with Gasteiger partial charge in [0.1, 0.15) is 17.6 Å². The van der Waals surface area contributed by atoms with Gasteiger partial charge in [-0.1, -0.05) is 18.2 Å². The third-order valence-electron chi connectivity index (χ3n) is 4.63. The van der Waals surface area contributed by atoms with Crippen LogP contribution in [0.2, 0.25) is 0 Å². The van der Waals surface area contributed by atoms with Crippen LogP contribution in [0.3, 0.4) is 0 Å². The lowest BCUT2D eigenvalue weighted by molar-refractivity contribution is -0.124. The molecule has 1 aliphatic rings. The lowest BCUT2D eigenvalue weighted by Crippen LogP contribution is -2.50. The number of imidazole rings is 1. The van der Waals surface area contributed by atoms with Gasteiger partial charge in [0.25, 0.3) is 5.91 Å². The molecule has 2 atom stereocenters. The molecule has 7 heteroatoms. The fourth-order valence-corrected chi connectivity index (χ4v) is 3.32.